The molecule has 0 spiro atoms. The highest BCUT2D eigenvalue weighted by molar-refractivity contribution is 5.92. The highest BCUT2D eigenvalue weighted by Gasteiger charge is 2.06. The van der Waals surface area contributed by atoms with Gasteiger partial charge in [-0.05, 0) is 24.3 Å². The molecule has 0 aromatic heterocycles. The van der Waals surface area contributed by atoms with E-state index in [4.69, 9.17) is 11.5 Å². The van der Waals surface area contributed by atoms with E-state index in [2.05, 4.69) is 12.1 Å². The van der Waals surface area contributed by atoms with Crippen molar-refractivity contribution >= 4 is 16.5 Å². The van der Waals surface area contributed by atoms with Crippen LogP contribution in [0.4, 0.5) is 5.69 Å². The summed E-state index contributed by atoms with van der Waals surface area (Å²) >= 11 is 0. The van der Waals surface area contributed by atoms with Crippen LogP contribution in [0.25, 0.3) is 10.8 Å². The predicted molar refractivity (Wildman–Crippen MR) is 79.4 cm³/mol. The summed E-state index contributed by atoms with van der Waals surface area (Å²) in [5.74, 6) is 0. The lowest BCUT2D eigenvalue weighted by Gasteiger charge is -2.15. The first-order chi connectivity index (χ1) is 8.77. The fourth-order valence-corrected chi connectivity index (χ4v) is 2.38. The molecule has 1 aliphatic carbocycles. The molecule has 3 rings (SSSR count). The summed E-state index contributed by atoms with van der Waals surface area (Å²) in [5.41, 5.74) is 12.2. The van der Waals surface area contributed by atoms with Crippen molar-refractivity contribution in [2.45, 2.75) is 38.1 Å². The quantitative estimate of drug-likeness (QED) is 0.692. The Morgan fingerprint density at radius 2 is 1.50 bits per heavy atom. The van der Waals surface area contributed by atoms with Crippen molar-refractivity contribution in [3.63, 3.8) is 0 Å². The lowest BCUT2D eigenvalue weighted by atomic mass is 9.97. The Hall–Kier alpha value is -1.54. The van der Waals surface area contributed by atoms with E-state index in [1.165, 1.54) is 37.5 Å². The zero-order valence-electron chi connectivity index (χ0n) is 10.8. The number of rotatable bonds is 0. The van der Waals surface area contributed by atoms with Crippen LogP contribution in [0, 0.1) is 0 Å². The molecule has 0 bridgehead atoms. The Balaban J connectivity index is 0.000000149. The molecule has 2 aromatic carbocycles. The summed E-state index contributed by atoms with van der Waals surface area (Å²) in [6, 6.07) is 14.6. The lowest BCUT2D eigenvalue weighted by molar-refractivity contribution is 0.441. The molecule has 1 aliphatic rings. The van der Waals surface area contributed by atoms with Gasteiger partial charge in [-0.15, -0.1) is 0 Å². The van der Waals surface area contributed by atoms with Gasteiger partial charge in [-0.1, -0.05) is 55.7 Å². The van der Waals surface area contributed by atoms with Gasteiger partial charge in [0.1, 0.15) is 0 Å². The van der Waals surface area contributed by atoms with Gasteiger partial charge in [0.25, 0.3) is 0 Å². The van der Waals surface area contributed by atoms with Gasteiger partial charge in [-0.2, -0.15) is 0 Å². The molecule has 2 heteroatoms. The van der Waals surface area contributed by atoms with Crippen LogP contribution in [0.1, 0.15) is 32.1 Å². The SMILES string of the molecule is NC1CCCCC1.Nc1cccc2ccccc12. The monoisotopic (exact) mass is 242 g/mol. The molecule has 1 fully saturated rings. The second-order valence-corrected chi connectivity index (χ2v) is 4.97. The van der Waals surface area contributed by atoms with Crippen molar-refractivity contribution in [2.75, 3.05) is 5.73 Å². The normalized spacial score (nSPS) is 16.1. The zero-order valence-corrected chi connectivity index (χ0v) is 10.8. The third-order valence-electron chi connectivity index (χ3n) is 3.47. The van der Waals surface area contributed by atoms with E-state index in [1.54, 1.807) is 0 Å². The summed E-state index contributed by atoms with van der Waals surface area (Å²) in [6.45, 7) is 0. The summed E-state index contributed by atoms with van der Waals surface area (Å²) in [5, 5.41) is 2.34. The number of fused-ring (bicyclic) bond motifs is 1. The van der Waals surface area contributed by atoms with E-state index in [-0.39, 0.29) is 0 Å². The van der Waals surface area contributed by atoms with Crippen LogP contribution in [0.2, 0.25) is 0 Å². The second-order valence-electron chi connectivity index (χ2n) is 4.97. The summed E-state index contributed by atoms with van der Waals surface area (Å²) in [7, 11) is 0. The predicted octanol–water partition coefficient (Wildman–Crippen LogP) is 3.70. The molecule has 0 atom stereocenters. The number of nitrogen functional groups attached to an aromatic ring is 1. The maximum Gasteiger partial charge on any atom is 0.0393 e. The van der Waals surface area contributed by atoms with Crippen LogP contribution < -0.4 is 11.5 Å². The van der Waals surface area contributed by atoms with Gasteiger partial charge in [0, 0.05) is 17.1 Å². The molecule has 1 saturated carbocycles. The van der Waals surface area contributed by atoms with Gasteiger partial charge in [-0.3, -0.25) is 0 Å². The molecule has 2 nitrogen and oxygen atoms in total. The minimum Gasteiger partial charge on any atom is -0.398 e. The van der Waals surface area contributed by atoms with E-state index < -0.39 is 0 Å². The number of nitrogens with two attached hydrogens (primary N) is 2. The van der Waals surface area contributed by atoms with E-state index in [0.717, 1.165) is 11.1 Å². The molecular weight excluding hydrogens is 220 g/mol. The zero-order chi connectivity index (χ0) is 12.8. The minimum atomic E-state index is 0.536. The van der Waals surface area contributed by atoms with Crippen molar-refractivity contribution in [1.29, 1.82) is 0 Å². The van der Waals surface area contributed by atoms with E-state index in [1.807, 2.05) is 30.3 Å². The number of hydrogen-bond donors (Lipinski definition) is 2. The standard InChI is InChI=1S/C10H9N.C6H13N/c11-10-7-3-5-8-4-1-2-6-9(8)10;7-6-4-2-1-3-5-6/h1-7H,11H2;6H,1-5,7H2. The Morgan fingerprint density at radius 1 is 0.833 bits per heavy atom. The molecule has 0 heterocycles. The van der Waals surface area contributed by atoms with Gasteiger partial charge >= 0.3 is 0 Å². The molecular formula is C16H22N2. The Labute approximate surface area is 109 Å². The molecule has 0 unspecified atom stereocenters. The first-order valence-electron chi connectivity index (χ1n) is 6.76. The van der Waals surface area contributed by atoms with Gasteiger partial charge in [-0.25, -0.2) is 0 Å². The van der Waals surface area contributed by atoms with Crippen molar-refractivity contribution in [2.24, 2.45) is 5.73 Å². The van der Waals surface area contributed by atoms with Crippen molar-refractivity contribution in [1.82, 2.24) is 0 Å². The second kappa shape index (κ2) is 6.41. The Kier molecular flexibility index (Phi) is 4.59. The summed E-state index contributed by atoms with van der Waals surface area (Å²) in [6.07, 6.45) is 6.66. The van der Waals surface area contributed by atoms with E-state index >= 15 is 0 Å². The maximum absolute atomic E-state index is 5.76. The first-order valence-corrected chi connectivity index (χ1v) is 6.76. The average Bonchev–Trinajstić information content (AvgIpc) is 2.41. The van der Waals surface area contributed by atoms with Crippen LogP contribution in [0.5, 0.6) is 0 Å². The van der Waals surface area contributed by atoms with Crippen molar-refractivity contribution in [3.05, 3.63) is 42.5 Å². The van der Waals surface area contributed by atoms with E-state index in [9.17, 15) is 0 Å². The van der Waals surface area contributed by atoms with Crippen LogP contribution >= 0.6 is 0 Å². The first kappa shape index (κ1) is 12.9. The number of benzene rings is 2. The molecule has 2 aromatic rings. The molecule has 96 valence electrons. The fraction of sp³-hybridized carbons (Fsp3) is 0.375. The molecule has 4 N–H and O–H groups in total. The largest absolute Gasteiger partial charge is 0.398 e. The van der Waals surface area contributed by atoms with Crippen molar-refractivity contribution < 1.29 is 0 Å². The Morgan fingerprint density at radius 3 is 2.11 bits per heavy atom. The van der Waals surface area contributed by atoms with Crippen LogP contribution in [-0.4, -0.2) is 6.04 Å². The highest BCUT2D eigenvalue weighted by Crippen LogP contribution is 2.19. The highest BCUT2D eigenvalue weighted by atomic mass is 14.6. The third-order valence-corrected chi connectivity index (χ3v) is 3.47. The smallest absolute Gasteiger partial charge is 0.0393 e. The molecule has 0 saturated heterocycles. The Bertz CT molecular complexity index is 482. The van der Waals surface area contributed by atoms with Gasteiger partial charge in [0.05, 0.1) is 0 Å². The minimum absolute atomic E-state index is 0.536. The number of anilines is 1. The van der Waals surface area contributed by atoms with Crippen LogP contribution in [0.3, 0.4) is 0 Å². The topological polar surface area (TPSA) is 52.0 Å². The van der Waals surface area contributed by atoms with Gasteiger partial charge in [0.15, 0.2) is 0 Å². The average molecular weight is 242 g/mol. The van der Waals surface area contributed by atoms with Gasteiger partial charge in [0.2, 0.25) is 0 Å². The van der Waals surface area contributed by atoms with Crippen LogP contribution in [0.15, 0.2) is 42.5 Å². The maximum atomic E-state index is 5.76. The molecule has 0 aliphatic heterocycles. The third kappa shape index (κ3) is 3.47. The van der Waals surface area contributed by atoms with E-state index in [0.29, 0.717) is 6.04 Å². The lowest BCUT2D eigenvalue weighted by Crippen LogP contribution is -2.22. The summed E-state index contributed by atoms with van der Waals surface area (Å²) in [4.78, 5) is 0. The van der Waals surface area contributed by atoms with Crippen LogP contribution in [-0.2, 0) is 0 Å². The number of hydrogen-bond acceptors (Lipinski definition) is 2. The fourth-order valence-electron chi connectivity index (χ4n) is 2.38. The van der Waals surface area contributed by atoms with Crippen molar-refractivity contribution in [3.8, 4) is 0 Å². The summed E-state index contributed by atoms with van der Waals surface area (Å²) < 4.78 is 0. The van der Waals surface area contributed by atoms with Gasteiger partial charge < -0.3 is 11.5 Å². The molecule has 0 amide bonds. The molecule has 0 radical (unpaired) electrons. The molecule has 18 heavy (non-hydrogen) atoms.